The van der Waals surface area contributed by atoms with Crippen molar-refractivity contribution in [2.75, 3.05) is 0 Å². The first kappa shape index (κ1) is 13.5. The number of rotatable bonds is 4. The summed E-state index contributed by atoms with van der Waals surface area (Å²) in [7, 11) is 0. The number of ether oxygens (including phenoxy) is 1. The lowest BCUT2D eigenvalue weighted by Gasteiger charge is -2.07. The Balaban J connectivity index is 1.79. The molecule has 0 saturated carbocycles. The van der Waals surface area contributed by atoms with Crippen LogP contribution in [0.1, 0.15) is 11.1 Å². The fourth-order valence-electron chi connectivity index (χ4n) is 2.11. The summed E-state index contributed by atoms with van der Waals surface area (Å²) in [6.45, 7) is 0.490. The molecule has 0 atom stereocenters. The van der Waals surface area contributed by atoms with Crippen LogP contribution < -0.4 is 10.5 Å². The number of nitrogens with two attached hydrogens (primary N) is 1. The highest BCUT2D eigenvalue weighted by Crippen LogP contribution is 2.26. The highest BCUT2D eigenvalue weighted by atomic mass is 32.1. The third-order valence-corrected chi connectivity index (χ3v) is 4.21. The monoisotopic (exact) mass is 298 g/mol. The van der Waals surface area contributed by atoms with Crippen molar-refractivity contribution in [2.24, 2.45) is 10.9 Å². The molecular weight excluding hydrogens is 284 g/mol. The number of nitrogens with zero attached hydrogens (tertiary/aromatic N) is 1. The van der Waals surface area contributed by atoms with Gasteiger partial charge in [0.15, 0.2) is 5.84 Å². The zero-order valence-corrected chi connectivity index (χ0v) is 12.0. The molecule has 5 heteroatoms. The van der Waals surface area contributed by atoms with Crippen LogP contribution in [0.15, 0.2) is 59.1 Å². The lowest BCUT2D eigenvalue weighted by molar-refractivity contribution is 0.308. The van der Waals surface area contributed by atoms with E-state index < -0.39 is 0 Å². The maximum atomic E-state index is 8.70. The maximum Gasteiger partial charge on any atom is 0.170 e. The average molecular weight is 298 g/mol. The Labute approximate surface area is 126 Å². The molecule has 0 aliphatic carbocycles. The molecule has 1 heterocycles. The smallest absolute Gasteiger partial charge is 0.170 e. The van der Waals surface area contributed by atoms with Gasteiger partial charge >= 0.3 is 0 Å². The van der Waals surface area contributed by atoms with Gasteiger partial charge in [0.05, 0.1) is 0 Å². The molecule has 3 aromatic rings. The summed E-state index contributed by atoms with van der Waals surface area (Å²) in [6, 6.07) is 15.4. The van der Waals surface area contributed by atoms with E-state index in [0.717, 1.165) is 5.56 Å². The molecule has 0 spiro atoms. The third-order valence-electron chi connectivity index (χ3n) is 3.19. The highest BCUT2D eigenvalue weighted by Gasteiger charge is 2.05. The number of hydrogen-bond donors (Lipinski definition) is 2. The van der Waals surface area contributed by atoms with Crippen LogP contribution in [0.3, 0.4) is 0 Å². The van der Waals surface area contributed by atoms with Crippen LogP contribution in [-0.4, -0.2) is 11.0 Å². The van der Waals surface area contributed by atoms with Crippen molar-refractivity contribution in [1.82, 2.24) is 0 Å². The van der Waals surface area contributed by atoms with Gasteiger partial charge in [0.1, 0.15) is 12.4 Å². The van der Waals surface area contributed by atoms with Crippen LogP contribution in [0, 0.1) is 0 Å². The minimum absolute atomic E-state index is 0.0708. The molecular formula is C16H14N2O2S. The Hall–Kier alpha value is -2.53. The SMILES string of the molecule is NC(=NO)c1cccc(OCc2csc3ccccc23)c1. The summed E-state index contributed by atoms with van der Waals surface area (Å²) in [6.07, 6.45) is 0. The van der Waals surface area contributed by atoms with Gasteiger partial charge in [-0.15, -0.1) is 11.3 Å². The molecule has 0 radical (unpaired) electrons. The number of thiophene rings is 1. The zero-order valence-electron chi connectivity index (χ0n) is 11.2. The van der Waals surface area contributed by atoms with Crippen molar-refractivity contribution >= 4 is 27.3 Å². The van der Waals surface area contributed by atoms with Crippen molar-refractivity contribution in [1.29, 1.82) is 0 Å². The molecule has 0 amide bonds. The topological polar surface area (TPSA) is 67.8 Å². The normalized spacial score (nSPS) is 11.7. The van der Waals surface area contributed by atoms with Gasteiger partial charge in [0.25, 0.3) is 0 Å². The Kier molecular flexibility index (Phi) is 3.75. The molecule has 3 N–H and O–H groups in total. The molecule has 0 fully saturated rings. The number of fused-ring (bicyclic) bond motifs is 1. The van der Waals surface area contributed by atoms with Gasteiger partial charge in [-0.05, 0) is 29.0 Å². The Morgan fingerprint density at radius 3 is 2.90 bits per heavy atom. The van der Waals surface area contributed by atoms with Gasteiger partial charge in [-0.2, -0.15) is 0 Å². The molecule has 0 bridgehead atoms. The predicted octanol–water partition coefficient (Wildman–Crippen LogP) is 3.57. The van der Waals surface area contributed by atoms with Gasteiger partial charge in [0.2, 0.25) is 0 Å². The van der Waals surface area contributed by atoms with E-state index in [-0.39, 0.29) is 5.84 Å². The first-order valence-corrected chi connectivity index (χ1v) is 7.32. The standard InChI is InChI=1S/C16H14N2O2S/c17-16(18-19)11-4-3-5-13(8-11)20-9-12-10-21-15-7-2-1-6-14(12)15/h1-8,10,19H,9H2,(H2,17,18). The number of oxime groups is 1. The fraction of sp³-hybridized carbons (Fsp3) is 0.0625. The van der Waals surface area contributed by atoms with Crippen LogP contribution in [0.5, 0.6) is 5.75 Å². The molecule has 4 nitrogen and oxygen atoms in total. The van der Waals surface area contributed by atoms with E-state index in [9.17, 15) is 0 Å². The van der Waals surface area contributed by atoms with Crippen LogP contribution in [0.25, 0.3) is 10.1 Å². The first-order valence-electron chi connectivity index (χ1n) is 6.44. The van der Waals surface area contributed by atoms with Crippen LogP contribution in [-0.2, 0) is 6.61 Å². The summed E-state index contributed by atoms with van der Waals surface area (Å²) < 4.78 is 7.06. The summed E-state index contributed by atoms with van der Waals surface area (Å²) in [5.41, 5.74) is 7.36. The van der Waals surface area contributed by atoms with Gasteiger partial charge in [-0.3, -0.25) is 0 Å². The van der Waals surface area contributed by atoms with Gasteiger partial charge in [0, 0.05) is 15.8 Å². The quantitative estimate of drug-likeness (QED) is 0.335. The second kappa shape index (κ2) is 5.85. The van der Waals surface area contributed by atoms with Gasteiger partial charge in [-0.25, -0.2) is 0 Å². The van der Waals surface area contributed by atoms with E-state index in [2.05, 4.69) is 22.7 Å². The summed E-state index contributed by atoms with van der Waals surface area (Å²) in [5, 5.41) is 15.0. The van der Waals surface area contributed by atoms with E-state index in [1.54, 1.807) is 23.5 Å². The van der Waals surface area contributed by atoms with Crippen LogP contribution in [0.4, 0.5) is 0 Å². The molecule has 2 aromatic carbocycles. The number of benzene rings is 2. The summed E-state index contributed by atoms with van der Waals surface area (Å²) >= 11 is 1.71. The van der Waals surface area contributed by atoms with Crippen LogP contribution in [0.2, 0.25) is 0 Å². The number of amidine groups is 1. The fourth-order valence-corrected chi connectivity index (χ4v) is 3.06. The van der Waals surface area contributed by atoms with Crippen molar-refractivity contribution in [3.63, 3.8) is 0 Å². The van der Waals surface area contributed by atoms with Crippen molar-refractivity contribution in [2.45, 2.75) is 6.61 Å². The molecule has 106 valence electrons. The largest absolute Gasteiger partial charge is 0.489 e. The van der Waals surface area contributed by atoms with E-state index in [1.807, 2.05) is 24.3 Å². The van der Waals surface area contributed by atoms with E-state index in [4.69, 9.17) is 15.7 Å². The Morgan fingerprint density at radius 2 is 2.05 bits per heavy atom. The van der Waals surface area contributed by atoms with Gasteiger partial charge in [-0.1, -0.05) is 35.5 Å². The lowest BCUT2D eigenvalue weighted by atomic mass is 10.2. The van der Waals surface area contributed by atoms with Crippen molar-refractivity contribution in [3.8, 4) is 5.75 Å². The number of hydrogen-bond acceptors (Lipinski definition) is 4. The average Bonchev–Trinajstić information content (AvgIpc) is 2.95. The van der Waals surface area contributed by atoms with E-state index >= 15 is 0 Å². The molecule has 21 heavy (non-hydrogen) atoms. The van der Waals surface area contributed by atoms with Crippen LogP contribution >= 0.6 is 11.3 Å². The molecule has 0 aliphatic rings. The second-order valence-corrected chi connectivity index (χ2v) is 5.47. The minimum Gasteiger partial charge on any atom is -0.489 e. The first-order chi connectivity index (χ1) is 10.3. The molecule has 3 rings (SSSR count). The summed E-state index contributed by atoms with van der Waals surface area (Å²) in [5.74, 6) is 0.760. The van der Waals surface area contributed by atoms with E-state index in [1.165, 1.54) is 10.1 Å². The molecule has 0 saturated heterocycles. The van der Waals surface area contributed by atoms with Crippen molar-refractivity contribution < 1.29 is 9.94 Å². The summed E-state index contributed by atoms with van der Waals surface area (Å²) in [4.78, 5) is 0. The van der Waals surface area contributed by atoms with Crippen molar-refractivity contribution in [3.05, 3.63) is 65.0 Å². The maximum absolute atomic E-state index is 8.70. The molecule has 1 aromatic heterocycles. The zero-order chi connectivity index (χ0) is 14.7. The molecule has 0 aliphatic heterocycles. The molecule has 0 unspecified atom stereocenters. The predicted molar refractivity (Wildman–Crippen MR) is 85.1 cm³/mol. The third kappa shape index (κ3) is 2.83. The minimum atomic E-state index is 0.0708. The second-order valence-electron chi connectivity index (χ2n) is 4.56. The van der Waals surface area contributed by atoms with Gasteiger partial charge < -0.3 is 15.7 Å². The van der Waals surface area contributed by atoms with E-state index in [0.29, 0.717) is 17.9 Å². The highest BCUT2D eigenvalue weighted by molar-refractivity contribution is 7.17. The Morgan fingerprint density at radius 1 is 1.19 bits per heavy atom. The Bertz CT molecular complexity index is 796. The lowest BCUT2D eigenvalue weighted by Crippen LogP contribution is -2.12.